The zero-order chi connectivity index (χ0) is 21.1. The number of hydrogen-bond acceptors (Lipinski definition) is 6. The maximum atomic E-state index is 10.7. The summed E-state index contributed by atoms with van der Waals surface area (Å²) in [4.78, 5) is 13.4. The van der Waals surface area contributed by atoms with E-state index < -0.39 is 15.6 Å². The number of methoxy groups -OCH3 is 1. The molecule has 3 heterocycles. The lowest BCUT2D eigenvalue weighted by Crippen LogP contribution is -2.21. The minimum atomic E-state index is -5.84. The van der Waals surface area contributed by atoms with Gasteiger partial charge in [-0.25, -0.2) is 4.98 Å². The van der Waals surface area contributed by atoms with Crippen LogP contribution in [0.1, 0.15) is 11.4 Å². The summed E-state index contributed by atoms with van der Waals surface area (Å²) in [5.41, 5.74) is 0.247. The normalized spacial score (nSPS) is 11.7. The zero-order valence-electron chi connectivity index (χ0n) is 15.0. The standard InChI is InChI=1S/C16H15N3O.CHF3O3S/c1-10-4-5-12(11(2)18-10)13-8-9-17-14-6-7-15(20-3)19-16(13)14;2-1(3,4)8(5,6)7/h4-9H,1-3H3;(H,5,6,7). The molecule has 3 aromatic rings. The summed E-state index contributed by atoms with van der Waals surface area (Å²) in [5.74, 6) is 0.587. The second-order valence-electron chi connectivity index (χ2n) is 5.59. The van der Waals surface area contributed by atoms with Crippen molar-refractivity contribution in [1.29, 1.82) is 0 Å². The van der Waals surface area contributed by atoms with E-state index in [-0.39, 0.29) is 0 Å². The van der Waals surface area contributed by atoms with Crippen molar-refractivity contribution in [2.45, 2.75) is 19.4 Å². The van der Waals surface area contributed by atoms with Crippen molar-refractivity contribution in [1.82, 2.24) is 15.0 Å². The fourth-order valence-corrected chi connectivity index (χ4v) is 2.31. The van der Waals surface area contributed by atoms with E-state index in [1.54, 1.807) is 13.3 Å². The predicted molar refractivity (Wildman–Crippen MR) is 96.4 cm³/mol. The van der Waals surface area contributed by atoms with Gasteiger partial charge in [-0.3, -0.25) is 14.5 Å². The molecule has 0 spiro atoms. The Morgan fingerprint density at radius 1 is 1.00 bits per heavy atom. The van der Waals surface area contributed by atoms with Gasteiger partial charge in [0.1, 0.15) is 5.52 Å². The number of ether oxygens (including phenoxy) is 1. The van der Waals surface area contributed by atoms with Crippen LogP contribution >= 0.6 is 0 Å². The van der Waals surface area contributed by atoms with E-state index in [4.69, 9.17) is 17.7 Å². The molecule has 0 saturated carbocycles. The third-order valence-electron chi connectivity index (χ3n) is 3.58. The number of pyridine rings is 3. The lowest BCUT2D eigenvalue weighted by molar-refractivity contribution is -0.0510. The van der Waals surface area contributed by atoms with Crippen LogP contribution in [-0.2, 0) is 10.1 Å². The van der Waals surface area contributed by atoms with Gasteiger partial charge in [0.05, 0.1) is 12.6 Å². The fourth-order valence-electron chi connectivity index (χ4n) is 2.31. The molecular formula is C17H16F3N3O4S. The first-order chi connectivity index (χ1) is 12.9. The maximum Gasteiger partial charge on any atom is 0.522 e. The number of aromatic nitrogens is 3. The summed E-state index contributed by atoms with van der Waals surface area (Å²) in [5, 5.41) is 0. The zero-order valence-corrected chi connectivity index (χ0v) is 15.8. The van der Waals surface area contributed by atoms with Crippen molar-refractivity contribution < 1.29 is 30.9 Å². The van der Waals surface area contributed by atoms with Gasteiger partial charge in [-0.2, -0.15) is 21.6 Å². The average molecular weight is 415 g/mol. The van der Waals surface area contributed by atoms with Crippen LogP contribution in [0.15, 0.2) is 36.5 Å². The van der Waals surface area contributed by atoms with E-state index in [0.717, 1.165) is 33.5 Å². The minimum absolute atomic E-state index is 0.587. The van der Waals surface area contributed by atoms with Crippen molar-refractivity contribution in [3.63, 3.8) is 0 Å². The molecule has 1 N–H and O–H groups in total. The van der Waals surface area contributed by atoms with E-state index in [2.05, 4.69) is 21.0 Å². The Morgan fingerprint density at radius 3 is 2.18 bits per heavy atom. The SMILES string of the molecule is COc1ccc2nccc(-c3ccc(C)nc3C)c2n1.O=S(=O)(O)C(F)(F)F. The van der Waals surface area contributed by atoms with Crippen molar-refractivity contribution in [3.8, 4) is 17.0 Å². The summed E-state index contributed by atoms with van der Waals surface area (Å²) < 4.78 is 62.7. The van der Waals surface area contributed by atoms with Gasteiger partial charge >= 0.3 is 15.6 Å². The first kappa shape index (κ1) is 21.5. The quantitative estimate of drug-likeness (QED) is 0.503. The summed E-state index contributed by atoms with van der Waals surface area (Å²) in [6, 6.07) is 9.79. The smallest absolute Gasteiger partial charge is 0.481 e. The molecule has 0 aliphatic carbocycles. The second-order valence-corrected chi connectivity index (χ2v) is 7.00. The van der Waals surface area contributed by atoms with Crippen LogP contribution in [-0.4, -0.2) is 40.5 Å². The molecule has 0 bridgehead atoms. The van der Waals surface area contributed by atoms with Crippen molar-refractivity contribution in [3.05, 3.63) is 47.9 Å². The van der Waals surface area contributed by atoms with Crippen LogP contribution in [0, 0.1) is 13.8 Å². The number of rotatable bonds is 2. The van der Waals surface area contributed by atoms with Crippen LogP contribution in [0.3, 0.4) is 0 Å². The highest BCUT2D eigenvalue weighted by Crippen LogP contribution is 2.29. The topological polar surface area (TPSA) is 102 Å². The Morgan fingerprint density at radius 2 is 1.64 bits per heavy atom. The number of alkyl halides is 3. The molecule has 0 atom stereocenters. The molecule has 0 radical (unpaired) electrons. The van der Waals surface area contributed by atoms with Gasteiger partial charge in [-0.15, -0.1) is 0 Å². The molecular weight excluding hydrogens is 399 g/mol. The molecule has 28 heavy (non-hydrogen) atoms. The maximum absolute atomic E-state index is 10.7. The summed E-state index contributed by atoms with van der Waals surface area (Å²) in [7, 11) is -4.23. The Hall–Kier alpha value is -2.79. The summed E-state index contributed by atoms with van der Waals surface area (Å²) in [6.07, 6.45) is 1.80. The largest absolute Gasteiger partial charge is 0.522 e. The van der Waals surface area contributed by atoms with Gasteiger partial charge < -0.3 is 4.74 Å². The highest BCUT2D eigenvalue weighted by atomic mass is 32.2. The van der Waals surface area contributed by atoms with Crippen molar-refractivity contribution >= 4 is 21.2 Å². The first-order valence-corrected chi connectivity index (χ1v) is 9.16. The van der Waals surface area contributed by atoms with Gasteiger partial charge in [0, 0.05) is 34.8 Å². The van der Waals surface area contributed by atoms with Crippen LogP contribution in [0.25, 0.3) is 22.2 Å². The Bertz CT molecular complexity index is 1100. The molecule has 0 amide bonds. The van der Waals surface area contributed by atoms with Crippen LogP contribution in [0.4, 0.5) is 13.2 Å². The van der Waals surface area contributed by atoms with Crippen LogP contribution < -0.4 is 4.74 Å². The van der Waals surface area contributed by atoms with E-state index in [9.17, 15) is 13.2 Å². The summed E-state index contributed by atoms with van der Waals surface area (Å²) in [6.45, 7) is 4.00. The molecule has 150 valence electrons. The number of halogens is 3. The molecule has 0 unspecified atom stereocenters. The van der Waals surface area contributed by atoms with Crippen LogP contribution in [0.2, 0.25) is 0 Å². The molecule has 7 nitrogen and oxygen atoms in total. The van der Waals surface area contributed by atoms with Crippen LogP contribution in [0.5, 0.6) is 5.88 Å². The van der Waals surface area contributed by atoms with Gasteiger partial charge in [0.15, 0.2) is 0 Å². The third-order valence-corrected chi connectivity index (χ3v) is 4.16. The van der Waals surface area contributed by atoms with Gasteiger partial charge in [-0.05, 0) is 32.0 Å². The number of nitrogens with zero attached hydrogens (tertiary/aromatic N) is 3. The molecule has 0 saturated heterocycles. The summed E-state index contributed by atoms with van der Waals surface area (Å²) >= 11 is 0. The molecule has 0 aliphatic rings. The molecule has 3 rings (SSSR count). The molecule has 0 aromatic carbocycles. The monoisotopic (exact) mass is 415 g/mol. The van der Waals surface area contributed by atoms with E-state index in [0.29, 0.717) is 5.88 Å². The fraction of sp³-hybridized carbons (Fsp3) is 0.235. The Balaban J connectivity index is 0.000000300. The number of aryl methyl sites for hydroxylation is 2. The van der Waals surface area contributed by atoms with Gasteiger partial charge in [0.2, 0.25) is 5.88 Å². The highest BCUT2D eigenvalue weighted by Gasteiger charge is 2.44. The van der Waals surface area contributed by atoms with Crippen molar-refractivity contribution in [2.24, 2.45) is 0 Å². The average Bonchev–Trinajstić information content (AvgIpc) is 2.60. The van der Waals surface area contributed by atoms with E-state index in [1.165, 1.54) is 0 Å². The first-order valence-electron chi connectivity index (χ1n) is 7.72. The molecule has 11 heteroatoms. The Labute approximate surface area is 159 Å². The molecule has 0 aliphatic heterocycles. The number of hydrogen-bond donors (Lipinski definition) is 1. The number of fused-ring (bicyclic) bond motifs is 1. The molecule has 3 aromatic heterocycles. The van der Waals surface area contributed by atoms with Gasteiger partial charge in [-0.1, -0.05) is 6.07 Å². The molecule has 0 fully saturated rings. The van der Waals surface area contributed by atoms with E-state index >= 15 is 0 Å². The highest BCUT2D eigenvalue weighted by molar-refractivity contribution is 7.86. The predicted octanol–water partition coefficient (Wildman–Crippen LogP) is 3.71. The Kier molecular flexibility index (Phi) is 6.20. The van der Waals surface area contributed by atoms with E-state index in [1.807, 2.05) is 38.1 Å². The van der Waals surface area contributed by atoms with Crippen molar-refractivity contribution in [2.75, 3.05) is 7.11 Å². The van der Waals surface area contributed by atoms with Gasteiger partial charge in [0.25, 0.3) is 0 Å². The minimum Gasteiger partial charge on any atom is -0.481 e. The third kappa shape index (κ3) is 4.93. The lowest BCUT2D eigenvalue weighted by Gasteiger charge is -2.09. The second kappa shape index (κ2) is 8.07. The lowest BCUT2D eigenvalue weighted by atomic mass is 10.0.